The number of halogens is 1. The summed E-state index contributed by atoms with van der Waals surface area (Å²) in [5.74, 6) is -1.45. The second-order valence-electron chi connectivity index (χ2n) is 11.6. The highest BCUT2D eigenvalue weighted by molar-refractivity contribution is 7.13. The number of nitrogens with one attached hydrogen (secondary N) is 2. The van der Waals surface area contributed by atoms with Crippen molar-refractivity contribution in [3.63, 3.8) is 0 Å². The lowest BCUT2D eigenvalue weighted by molar-refractivity contribution is -0.119. The van der Waals surface area contributed by atoms with Crippen LogP contribution in [-0.4, -0.2) is 45.9 Å². The molecule has 0 radical (unpaired) electrons. The molecule has 1 aromatic heterocycles. The van der Waals surface area contributed by atoms with Crippen LogP contribution < -0.4 is 10.6 Å². The molecule has 0 bridgehead atoms. The van der Waals surface area contributed by atoms with Gasteiger partial charge in [-0.25, -0.2) is 9.78 Å². The SMILES string of the molecule is CC(Cc1ccc(C(=O)OC(C)(C)C)cc1NC(=O)c1nc2c(s1)CN(C(C)C)CC2)C(=O)Nc1ccc(Cl)cc1. The van der Waals surface area contributed by atoms with Gasteiger partial charge in [0.15, 0.2) is 5.01 Å². The molecule has 0 saturated carbocycles. The number of fused-ring (bicyclic) bond motifs is 1. The molecule has 218 valence electrons. The van der Waals surface area contributed by atoms with Crippen LogP contribution in [0.15, 0.2) is 42.5 Å². The standard InChI is InChI=1S/C31H37ClN4O4S/c1-18(2)36-14-13-24-26(17-36)41-29(35-24)28(38)34-25-16-21(30(39)40-31(4,5)6)8-7-20(25)15-19(3)27(37)33-23-11-9-22(32)10-12-23/h7-12,16,18-19H,13-15,17H2,1-6H3,(H,33,37)(H,34,38). The number of hydrogen-bond acceptors (Lipinski definition) is 7. The molecule has 10 heteroatoms. The molecule has 1 atom stereocenters. The fourth-order valence-corrected chi connectivity index (χ4v) is 5.64. The molecule has 2 N–H and O–H groups in total. The van der Waals surface area contributed by atoms with Crippen LogP contribution in [0.4, 0.5) is 11.4 Å². The van der Waals surface area contributed by atoms with Crippen molar-refractivity contribution < 1.29 is 19.1 Å². The Hall–Kier alpha value is -3.27. The number of anilines is 2. The number of ether oxygens (including phenoxy) is 1. The number of benzene rings is 2. The summed E-state index contributed by atoms with van der Waals surface area (Å²) in [7, 11) is 0. The van der Waals surface area contributed by atoms with E-state index < -0.39 is 17.5 Å². The first-order chi connectivity index (χ1) is 19.3. The van der Waals surface area contributed by atoms with E-state index in [2.05, 4.69) is 34.4 Å². The zero-order chi connectivity index (χ0) is 29.9. The van der Waals surface area contributed by atoms with E-state index in [-0.39, 0.29) is 11.8 Å². The van der Waals surface area contributed by atoms with Gasteiger partial charge < -0.3 is 15.4 Å². The first-order valence-electron chi connectivity index (χ1n) is 13.8. The molecule has 2 heterocycles. The van der Waals surface area contributed by atoms with Crippen LogP contribution in [0.3, 0.4) is 0 Å². The molecule has 4 rings (SSSR count). The van der Waals surface area contributed by atoms with Crippen molar-refractivity contribution in [3.8, 4) is 0 Å². The van der Waals surface area contributed by atoms with E-state index in [1.54, 1.807) is 63.2 Å². The quantitative estimate of drug-likeness (QED) is 0.285. The minimum absolute atomic E-state index is 0.178. The number of thiazole rings is 1. The van der Waals surface area contributed by atoms with E-state index in [1.807, 2.05) is 6.92 Å². The van der Waals surface area contributed by atoms with Gasteiger partial charge in [-0.3, -0.25) is 14.5 Å². The Morgan fingerprint density at radius 1 is 1.07 bits per heavy atom. The summed E-state index contributed by atoms with van der Waals surface area (Å²) in [6, 6.07) is 12.3. The number of amides is 2. The molecule has 2 amide bonds. The van der Waals surface area contributed by atoms with Gasteiger partial charge in [-0.15, -0.1) is 11.3 Å². The molecule has 0 saturated heterocycles. The highest BCUT2D eigenvalue weighted by Gasteiger charge is 2.26. The fraction of sp³-hybridized carbons (Fsp3) is 0.419. The molecule has 2 aromatic carbocycles. The third-order valence-corrected chi connectivity index (χ3v) is 8.10. The number of nitrogens with zero attached hydrogens (tertiary/aromatic N) is 2. The van der Waals surface area contributed by atoms with Crippen molar-refractivity contribution in [1.82, 2.24) is 9.88 Å². The van der Waals surface area contributed by atoms with Crippen LogP contribution in [0.1, 0.15) is 77.8 Å². The molecule has 0 fully saturated rings. The van der Waals surface area contributed by atoms with E-state index in [9.17, 15) is 14.4 Å². The molecule has 0 aliphatic carbocycles. The Morgan fingerprint density at radius 3 is 2.44 bits per heavy atom. The van der Waals surface area contributed by atoms with Crippen molar-refractivity contribution >= 4 is 52.1 Å². The van der Waals surface area contributed by atoms with E-state index in [1.165, 1.54) is 11.3 Å². The third kappa shape index (κ3) is 8.15. The number of rotatable bonds is 8. The van der Waals surface area contributed by atoms with E-state index in [0.29, 0.717) is 39.4 Å². The van der Waals surface area contributed by atoms with Crippen molar-refractivity contribution in [1.29, 1.82) is 0 Å². The van der Waals surface area contributed by atoms with Gasteiger partial charge in [-0.05, 0) is 83.0 Å². The molecule has 1 aliphatic heterocycles. The monoisotopic (exact) mass is 596 g/mol. The molecular formula is C31H37ClN4O4S. The molecule has 8 nitrogen and oxygen atoms in total. The smallest absolute Gasteiger partial charge is 0.338 e. The summed E-state index contributed by atoms with van der Waals surface area (Å²) in [4.78, 5) is 47.3. The first-order valence-corrected chi connectivity index (χ1v) is 14.9. The van der Waals surface area contributed by atoms with Crippen LogP contribution in [-0.2, 0) is 28.9 Å². The van der Waals surface area contributed by atoms with Crippen molar-refractivity contribution in [2.75, 3.05) is 17.2 Å². The van der Waals surface area contributed by atoms with Crippen LogP contribution in [0.2, 0.25) is 5.02 Å². The zero-order valence-electron chi connectivity index (χ0n) is 24.3. The summed E-state index contributed by atoms with van der Waals surface area (Å²) >= 11 is 7.35. The topological polar surface area (TPSA) is 101 Å². The maximum Gasteiger partial charge on any atom is 0.338 e. The zero-order valence-corrected chi connectivity index (χ0v) is 25.9. The lowest BCUT2D eigenvalue weighted by Crippen LogP contribution is -2.35. The van der Waals surface area contributed by atoms with Crippen molar-refractivity contribution in [2.45, 2.75) is 72.6 Å². The lowest BCUT2D eigenvalue weighted by atomic mass is 9.97. The number of aromatic nitrogens is 1. The van der Waals surface area contributed by atoms with Gasteiger partial charge in [0.1, 0.15) is 5.60 Å². The van der Waals surface area contributed by atoms with E-state index in [4.69, 9.17) is 16.3 Å². The Balaban J connectivity index is 1.56. The first kappa shape index (κ1) is 30.7. The maximum atomic E-state index is 13.4. The van der Waals surface area contributed by atoms with Gasteiger partial charge in [0.05, 0.1) is 11.3 Å². The molecule has 41 heavy (non-hydrogen) atoms. The minimum atomic E-state index is -0.669. The van der Waals surface area contributed by atoms with Gasteiger partial charge in [0.25, 0.3) is 5.91 Å². The number of esters is 1. The van der Waals surface area contributed by atoms with Gasteiger partial charge in [-0.1, -0.05) is 24.6 Å². The Bertz CT molecular complexity index is 1430. The predicted molar refractivity (Wildman–Crippen MR) is 164 cm³/mol. The summed E-state index contributed by atoms with van der Waals surface area (Å²) in [5.41, 5.74) is 2.41. The summed E-state index contributed by atoms with van der Waals surface area (Å²) in [5, 5.41) is 6.83. The van der Waals surface area contributed by atoms with Gasteiger partial charge in [-0.2, -0.15) is 0 Å². The van der Waals surface area contributed by atoms with E-state index >= 15 is 0 Å². The maximum absolute atomic E-state index is 13.4. The largest absolute Gasteiger partial charge is 0.456 e. The van der Waals surface area contributed by atoms with Crippen LogP contribution >= 0.6 is 22.9 Å². The average Bonchev–Trinajstić information content (AvgIpc) is 3.33. The summed E-state index contributed by atoms with van der Waals surface area (Å²) in [6.07, 6.45) is 1.14. The second kappa shape index (κ2) is 12.7. The summed E-state index contributed by atoms with van der Waals surface area (Å²) in [6.45, 7) is 13.2. The van der Waals surface area contributed by atoms with Gasteiger partial charge in [0.2, 0.25) is 5.91 Å². The van der Waals surface area contributed by atoms with Crippen LogP contribution in [0.5, 0.6) is 0 Å². The van der Waals surface area contributed by atoms with Crippen molar-refractivity contribution in [3.05, 3.63) is 74.2 Å². The van der Waals surface area contributed by atoms with Crippen molar-refractivity contribution in [2.24, 2.45) is 5.92 Å². The average molecular weight is 597 g/mol. The van der Waals surface area contributed by atoms with E-state index in [0.717, 1.165) is 35.6 Å². The van der Waals surface area contributed by atoms with Gasteiger partial charge >= 0.3 is 5.97 Å². The Kier molecular flexibility index (Phi) is 9.51. The number of hydrogen-bond donors (Lipinski definition) is 2. The Labute approximate surface area is 250 Å². The highest BCUT2D eigenvalue weighted by atomic mass is 35.5. The van der Waals surface area contributed by atoms with Crippen LogP contribution in [0.25, 0.3) is 0 Å². The molecule has 0 spiro atoms. The summed E-state index contributed by atoms with van der Waals surface area (Å²) < 4.78 is 5.55. The Morgan fingerprint density at radius 2 is 1.78 bits per heavy atom. The molecule has 3 aromatic rings. The molecular weight excluding hydrogens is 560 g/mol. The highest BCUT2D eigenvalue weighted by Crippen LogP contribution is 2.29. The minimum Gasteiger partial charge on any atom is -0.456 e. The van der Waals surface area contributed by atoms with Crippen LogP contribution in [0, 0.1) is 5.92 Å². The molecule has 1 unspecified atom stereocenters. The normalized spacial score (nSPS) is 14.3. The number of carbonyl (C=O) groups is 3. The fourth-order valence-electron chi connectivity index (χ4n) is 4.48. The van der Waals surface area contributed by atoms with Gasteiger partial charge in [0, 0.05) is 52.7 Å². The second-order valence-corrected chi connectivity index (χ2v) is 13.2. The molecule has 1 aliphatic rings. The number of carbonyl (C=O) groups excluding carboxylic acids is 3. The lowest BCUT2D eigenvalue weighted by Gasteiger charge is -2.29. The third-order valence-electron chi connectivity index (χ3n) is 6.76. The predicted octanol–water partition coefficient (Wildman–Crippen LogP) is 6.59.